The molecule has 12 nitrogen and oxygen atoms in total. The van der Waals surface area contributed by atoms with Gasteiger partial charge in [-0.15, -0.1) is 0 Å². The number of allylic oxidation sites excluding steroid dienone is 2. The van der Waals surface area contributed by atoms with Crippen molar-refractivity contribution >= 4 is 5.95 Å². The normalized spacial score (nSPS) is 16.5. The minimum absolute atomic E-state index is 0.187. The molecule has 4 aromatic rings. The fraction of sp³-hybridized carbons (Fsp3) is 0.419. The molecule has 4 aromatic heterocycles. The fourth-order valence-corrected chi connectivity index (χ4v) is 5.43. The smallest absolute Gasteiger partial charge is 0.434 e. The number of alkyl halides is 3. The summed E-state index contributed by atoms with van der Waals surface area (Å²) in [6, 6.07) is 1.52. The minimum atomic E-state index is -4.53. The van der Waals surface area contributed by atoms with Gasteiger partial charge in [0.2, 0.25) is 11.8 Å². The van der Waals surface area contributed by atoms with E-state index in [-0.39, 0.29) is 30.0 Å². The number of rotatable bonds is 10. The lowest BCUT2D eigenvalue weighted by atomic mass is 9.95. The minimum Gasteiger partial charge on any atom is -0.480 e. The Morgan fingerprint density at radius 3 is 2.54 bits per heavy atom. The number of aromatic nitrogens is 9. The number of halogens is 3. The van der Waals surface area contributed by atoms with E-state index in [2.05, 4.69) is 35.1 Å². The third kappa shape index (κ3) is 6.53. The molecule has 46 heavy (non-hydrogen) atoms. The molecule has 1 atom stereocenters. The lowest BCUT2D eigenvalue weighted by molar-refractivity contribution is -0.141. The number of imidazole rings is 1. The van der Waals surface area contributed by atoms with Crippen LogP contribution < -0.4 is 15.2 Å². The molecule has 2 aliphatic rings. The predicted octanol–water partition coefficient (Wildman–Crippen LogP) is 5.08. The van der Waals surface area contributed by atoms with E-state index in [4.69, 9.17) is 9.72 Å². The van der Waals surface area contributed by atoms with Gasteiger partial charge in [0.15, 0.2) is 11.5 Å². The fourth-order valence-electron chi connectivity index (χ4n) is 5.43. The summed E-state index contributed by atoms with van der Waals surface area (Å²) in [7, 11) is 1.54. The number of nitrogens with one attached hydrogen (secondary N) is 1. The van der Waals surface area contributed by atoms with E-state index in [1.165, 1.54) is 19.8 Å². The molecule has 0 radical (unpaired) electrons. The number of anilines is 1. The Hall–Kier alpha value is -4.95. The summed E-state index contributed by atoms with van der Waals surface area (Å²) in [4.78, 5) is 40.4. The summed E-state index contributed by atoms with van der Waals surface area (Å²) in [6.07, 6.45) is 7.67. The third-order valence-electron chi connectivity index (χ3n) is 7.95. The van der Waals surface area contributed by atoms with Gasteiger partial charge in [0.25, 0.3) is 5.56 Å². The van der Waals surface area contributed by atoms with E-state index in [0.717, 1.165) is 30.3 Å². The van der Waals surface area contributed by atoms with Crippen LogP contribution in [0.2, 0.25) is 0 Å². The Morgan fingerprint density at radius 2 is 1.89 bits per heavy atom. The summed E-state index contributed by atoms with van der Waals surface area (Å²) >= 11 is 0. The summed E-state index contributed by atoms with van der Waals surface area (Å²) < 4.78 is 47.6. The third-order valence-corrected chi connectivity index (χ3v) is 7.95. The molecule has 6 rings (SSSR count). The average Bonchev–Trinajstić information content (AvgIpc) is 3.78. The molecular weight excluding hydrogens is 601 g/mol. The predicted molar refractivity (Wildman–Crippen MR) is 162 cm³/mol. The maximum absolute atomic E-state index is 13.5. The maximum atomic E-state index is 13.5. The summed E-state index contributed by atoms with van der Waals surface area (Å²) in [5, 5.41) is 6.74. The van der Waals surface area contributed by atoms with Crippen LogP contribution in [0.5, 0.6) is 5.88 Å². The average molecular weight is 635 g/mol. The van der Waals surface area contributed by atoms with E-state index in [1.807, 2.05) is 37.0 Å². The molecule has 0 bridgehead atoms. The van der Waals surface area contributed by atoms with Crippen molar-refractivity contribution in [3.05, 3.63) is 87.5 Å². The number of hydrogen-bond donors (Lipinski definition) is 1. The highest BCUT2D eigenvalue weighted by atomic mass is 19.4. The van der Waals surface area contributed by atoms with Crippen LogP contribution in [0.3, 0.4) is 0 Å². The molecule has 0 saturated heterocycles. The largest absolute Gasteiger partial charge is 0.480 e. The monoisotopic (exact) mass is 634 g/mol. The molecule has 1 unspecified atom stereocenters. The van der Waals surface area contributed by atoms with E-state index >= 15 is 0 Å². The van der Waals surface area contributed by atoms with Crippen LogP contribution in [0, 0.1) is 6.92 Å². The van der Waals surface area contributed by atoms with Gasteiger partial charge in [0.05, 0.1) is 25.0 Å². The first kappa shape index (κ1) is 31.0. The zero-order valence-corrected chi connectivity index (χ0v) is 25.8. The van der Waals surface area contributed by atoms with Gasteiger partial charge in [0.1, 0.15) is 24.0 Å². The van der Waals surface area contributed by atoms with Crippen LogP contribution in [0.4, 0.5) is 19.1 Å². The molecule has 1 fully saturated rings. The molecule has 0 aromatic carbocycles. The summed E-state index contributed by atoms with van der Waals surface area (Å²) in [5.41, 5.74) is 2.27. The number of ether oxygens (including phenoxy) is 1. The van der Waals surface area contributed by atoms with Crippen LogP contribution >= 0.6 is 0 Å². The second kappa shape index (κ2) is 12.4. The van der Waals surface area contributed by atoms with Crippen molar-refractivity contribution in [1.82, 2.24) is 44.7 Å². The number of aryl methyl sites for hydroxylation is 1. The van der Waals surface area contributed by atoms with Gasteiger partial charge in [-0.05, 0) is 51.7 Å². The van der Waals surface area contributed by atoms with Crippen molar-refractivity contribution in [3.63, 3.8) is 0 Å². The van der Waals surface area contributed by atoms with Gasteiger partial charge in [0, 0.05) is 36.2 Å². The van der Waals surface area contributed by atoms with Crippen molar-refractivity contribution in [2.45, 2.75) is 70.6 Å². The number of aromatic amines is 1. The van der Waals surface area contributed by atoms with Crippen LogP contribution in [0.15, 0.2) is 53.5 Å². The standard InChI is InChI=1S/C31H33F3N10O2/c1-17(2)44-14-23(31(32,33)34)39-27(44)21-7-5-19(6-8-21)12-43(13-22-11-18(3)28(45)42-41-22)30-38-16-36-26(40-30)24-25(20-9-10-20)35-15-37-29(24)46-4/h5-7,11,14-17,20-21H,8-10,12-13H2,1-4H3,(H,42,45). The van der Waals surface area contributed by atoms with Crippen molar-refractivity contribution in [2.24, 2.45) is 0 Å². The van der Waals surface area contributed by atoms with Crippen LogP contribution in [0.25, 0.3) is 11.4 Å². The molecule has 1 saturated carbocycles. The Kier molecular flexibility index (Phi) is 8.40. The van der Waals surface area contributed by atoms with Crippen molar-refractivity contribution in [1.29, 1.82) is 0 Å². The first-order valence-electron chi connectivity index (χ1n) is 14.9. The number of nitrogens with zero attached hydrogens (tertiary/aromatic N) is 9. The van der Waals surface area contributed by atoms with Gasteiger partial charge in [-0.1, -0.05) is 18.2 Å². The van der Waals surface area contributed by atoms with Crippen molar-refractivity contribution in [2.75, 3.05) is 18.6 Å². The highest BCUT2D eigenvalue weighted by Gasteiger charge is 2.36. The van der Waals surface area contributed by atoms with Gasteiger partial charge in [-0.25, -0.2) is 30.0 Å². The number of methoxy groups -OCH3 is 1. The van der Waals surface area contributed by atoms with Crippen LogP contribution in [0.1, 0.15) is 79.5 Å². The van der Waals surface area contributed by atoms with E-state index in [0.29, 0.717) is 53.3 Å². The maximum Gasteiger partial charge on any atom is 0.434 e. The van der Waals surface area contributed by atoms with Gasteiger partial charge < -0.3 is 14.2 Å². The Bertz CT molecular complexity index is 1860. The van der Waals surface area contributed by atoms with E-state index in [1.54, 1.807) is 17.6 Å². The molecule has 2 aliphatic carbocycles. The Balaban J connectivity index is 1.31. The molecule has 0 amide bonds. The molecule has 4 heterocycles. The zero-order valence-electron chi connectivity index (χ0n) is 25.8. The highest BCUT2D eigenvalue weighted by molar-refractivity contribution is 5.66. The second-order valence-electron chi connectivity index (χ2n) is 11.7. The van der Waals surface area contributed by atoms with E-state index in [9.17, 15) is 18.0 Å². The van der Waals surface area contributed by atoms with Crippen LogP contribution in [-0.2, 0) is 12.7 Å². The number of H-pyrrole nitrogens is 1. The molecular formula is C31H33F3N10O2. The first-order valence-corrected chi connectivity index (χ1v) is 14.9. The molecule has 0 spiro atoms. The lowest BCUT2D eigenvalue weighted by Crippen LogP contribution is -2.29. The SMILES string of the molecule is COc1ncnc(C2CC2)c1-c1ncnc(N(CC2=CCC(c3nc(C(F)(F)F)cn3C(C)C)C=C2)Cc2cc(C)c(=O)[nH]n2)n1. The Morgan fingerprint density at radius 1 is 1.11 bits per heavy atom. The van der Waals surface area contributed by atoms with Crippen LogP contribution in [-0.4, -0.2) is 58.3 Å². The zero-order chi connectivity index (χ0) is 32.6. The Labute approximate surface area is 262 Å². The van der Waals surface area contributed by atoms with Gasteiger partial charge in [-0.2, -0.15) is 23.3 Å². The first-order chi connectivity index (χ1) is 22.0. The second-order valence-corrected chi connectivity index (χ2v) is 11.7. The summed E-state index contributed by atoms with van der Waals surface area (Å²) in [5.74, 6) is 1.41. The highest BCUT2D eigenvalue weighted by Crippen LogP contribution is 2.45. The molecule has 240 valence electrons. The van der Waals surface area contributed by atoms with Gasteiger partial charge in [-0.3, -0.25) is 4.79 Å². The lowest BCUT2D eigenvalue weighted by Gasteiger charge is -2.25. The van der Waals surface area contributed by atoms with Gasteiger partial charge >= 0.3 is 6.18 Å². The topological polar surface area (TPSA) is 140 Å². The van der Waals surface area contributed by atoms with Crippen molar-refractivity contribution in [3.8, 4) is 17.3 Å². The quantitative estimate of drug-likeness (QED) is 0.251. The number of hydrogen-bond acceptors (Lipinski definition) is 10. The van der Waals surface area contributed by atoms with Crippen molar-refractivity contribution < 1.29 is 17.9 Å². The summed E-state index contributed by atoms with van der Waals surface area (Å²) in [6.45, 7) is 5.96. The van der Waals surface area contributed by atoms with E-state index < -0.39 is 11.9 Å². The molecule has 1 N–H and O–H groups in total. The molecule has 0 aliphatic heterocycles. The molecule has 15 heteroatoms.